The number of aryl methyl sites for hydroxylation is 1. The zero-order valence-electron chi connectivity index (χ0n) is 13.8. The van der Waals surface area contributed by atoms with E-state index in [2.05, 4.69) is 0 Å². The highest BCUT2D eigenvalue weighted by atomic mass is 32.2. The van der Waals surface area contributed by atoms with Crippen molar-refractivity contribution in [3.63, 3.8) is 0 Å². The Morgan fingerprint density at radius 3 is 2.79 bits per heavy atom. The summed E-state index contributed by atoms with van der Waals surface area (Å²) in [6.45, 7) is 1.38. The zero-order valence-corrected chi connectivity index (χ0v) is 14.6. The summed E-state index contributed by atoms with van der Waals surface area (Å²) in [5.74, 6) is 0.00236. The van der Waals surface area contributed by atoms with Gasteiger partial charge in [0.25, 0.3) is 0 Å². The van der Waals surface area contributed by atoms with Crippen molar-refractivity contribution in [2.45, 2.75) is 38.5 Å². The molecule has 0 saturated carbocycles. The van der Waals surface area contributed by atoms with Gasteiger partial charge in [0.2, 0.25) is 15.9 Å². The van der Waals surface area contributed by atoms with Crippen molar-refractivity contribution in [3.8, 4) is 0 Å². The number of amides is 1. The van der Waals surface area contributed by atoms with Crippen LogP contribution in [0, 0.1) is 11.7 Å². The molecule has 2 rings (SSSR count). The van der Waals surface area contributed by atoms with E-state index in [9.17, 15) is 17.6 Å². The lowest BCUT2D eigenvalue weighted by Crippen LogP contribution is -2.40. The molecule has 0 radical (unpaired) electrons. The molecular weight excluding hydrogens is 331 g/mol. The Kier molecular flexibility index (Phi) is 6.74. The third kappa shape index (κ3) is 6.20. The van der Waals surface area contributed by atoms with Gasteiger partial charge in [-0.05, 0) is 49.7 Å². The number of likely N-dealkylation sites (tertiary alicyclic amines) is 1. The van der Waals surface area contributed by atoms with Crippen LogP contribution < -0.4 is 5.14 Å². The first kappa shape index (κ1) is 18.9. The number of primary sulfonamides is 1. The third-order valence-electron chi connectivity index (χ3n) is 4.47. The Morgan fingerprint density at radius 1 is 1.33 bits per heavy atom. The standard InChI is InChI=1S/C17H25FN2O3S/c18-16-7-2-1-6-15(16)10-9-14-5-3-11-20(13-14)17(21)8-4-12-24(19,22)23/h1-2,6-7,14H,3-5,8-13H2,(H2,19,22,23)/t14-/m1/s1. The van der Waals surface area contributed by atoms with Crippen LogP contribution in [0.3, 0.4) is 0 Å². The molecule has 5 nitrogen and oxygen atoms in total. The summed E-state index contributed by atoms with van der Waals surface area (Å²) in [7, 11) is -3.51. The lowest BCUT2D eigenvalue weighted by atomic mass is 9.91. The van der Waals surface area contributed by atoms with E-state index in [1.807, 2.05) is 6.07 Å². The van der Waals surface area contributed by atoms with Crippen molar-refractivity contribution in [3.05, 3.63) is 35.6 Å². The molecule has 1 atom stereocenters. The summed E-state index contributed by atoms with van der Waals surface area (Å²) in [6, 6.07) is 6.79. The van der Waals surface area contributed by atoms with Crippen LogP contribution in [0.25, 0.3) is 0 Å². The van der Waals surface area contributed by atoms with Gasteiger partial charge in [0.15, 0.2) is 0 Å². The molecule has 1 aliphatic heterocycles. The molecule has 1 aromatic rings. The number of hydrogen-bond donors (Lipinski definition) is 1. The Balaban J connectivity index is 1.78. The minimum absolute atomic E-state index is 0.0192. The lowest BCUT2D eigenvalue weighted by molar-refractivity contribution is -0.133. The summed E-state index contributed by atoms with van der Waals surface area (Å²) in [4.78, 5) is 14.0. The molecule has 0 bridgehead atoms. The van der Waals surface area contributed by atoms with Gasteiger partial charge in [-0.3, -0.25) is 4.79 Å². The quantitative estimate of drug-likeness (QED) is 0.812. The average molecular weight is 356 g/mol. The zero-order chi connectivity index (χ0) is 17.6. The number of sulfonamides is 1. The molecule has 1 fully saturated rings. The number of rotatable bonds is 7. The van der Waals surface area contributed by atoms with Crippen LogP contribution in [0.15, 0.2) is 24.3 Å². The van der Waals surface area contributed by atoms with Crippen molar-refractivity contribution in [1.82, 2.24) is 4.90 Å². The molecule has 134 valence electrons. The predicted molar refractivity (Wildman–Crippen MR) is 91.2 cm³/mol. The molecule has 1 amide bonds. The fraction of sp³-hybridized carbons (Fsp3) is 0.588. The van der Waals surface area contributed by atoms with Crippen LogP contribution in [-0.2, 0) is 21.2 Å². The second-order valence-electron chi connectivity index (χ2n) is 6.45. The molecule has 1 aliphatic rings. The minimum atomic E-state index is -3.51. The van der Waals surface area contributed by atoms with Crippen molar-refractivity contribution < 1.29 is 17.6 Å². The largest absolute Gasteiger partial charge is 0.342 e. The summed E-state index contributed by atoms with van der Waals surface area (Å²) < 4.78 is 35.5. The van der Waals surface area contributed by atoms with Crippen molar-refractivity contribution in [2.75, 3.05) is 18.8 Å². The van der Waals surface area contributed by atoms with E-state index in [0.717, 1.165) is 19.3 Å². The Hall–Kier alpha value is -1.47. The smallest absolute Gasteiger partial charge is 0.222 e. The highest BCUT2D eigenvalue weighted by Gasteiger charge is 2.23. The minimum Gasteiger partial charge on any atom is -0.342 e. The van der Waals surface area contributed by atoms with Gasteiger partial charge in [0.05, 0.1) is 5.75 Å². The fourth-order valence-electron chi connectivity index (χ4n) is 3.17. The highest BCUT2D eigenvalue weighted by Crippen LogP contribution is 2.23. The number of carbonyl (C=O) groups is 1. The number of piperidine rings is 1. The lowest BCUT2D eigenvalue weighted by Gasteiger charge is -2.33. The SMILES string of the molecule is NS(=O)(=O)CCCC(=O)N1CCC[C@H](CCc2ccccc2F)C1. The number of nitrogens with two attached hydrogens (primary N) is 1. The van der Waals surface area contributed by atoms with Crippen LogP contribution in [-0.4, -0.2) is 38.1 Å². The first-order chi connectivity index (χ1) is 11.3. The summed E-state index contributed by atoms with van der Waals surface area (Å²) in [6.07, 6.45) is 3.95. The molecule has 2 N–H and O–H groups in total. The normalized spacial score (nSPS) is 18.6. The van der Waals surface area contributed by atoms with Crippen LogP contribution in [0.1, 0.15) is 37.7 Å². The molecule has 24 heavy (non-hydrogen) atoms. The van der Waals surface area contributed by atoms with Gasteiger partial charge in [0.1, 0.15) is 5.82 Å². The second kappa shape index (κ2) is 8.58. The van der Waals surface area contributed by atoms with Crippen LogP contribution in [0.4, 0.5) is 4.39 Å². The Morgan fingerprint density at radius 2 is 2.08 bits per heavy atom. The van der Waals surface area contributed by atoms with E-state index in [0.29, 0.717) is 31.0 Å². The van der Waals surface area contributed by atoms with Crippen LogP contribution in [0.5, 0.6) is 0 Å². The summed E-state index contributed by atoms with van der Waals surface area (Å²) >= 11 is 0. The first-order valence-electron chi connectivity index (χ1n) is 8.37. The molecule has 0 unspecified atom stereocenters. The number of carbonyl (C=O) groups excluding carboxylic acids is 1. The molecule has 0 spiro atoms. The number of nitrogens with zero attached hydrogens (tertiary/aromatic N) is 1. The monoisotopic (exact) mass is 356 g/mol. The van der Waals surface area contributed by atoms with Gasteiger partial charge in [0, 0.05) is 19.5 Å². The fourth-order valence-corrected chi connectivity index (χ4v) is 3.72. The topological polar surface area (TPSA) is 80.5 Å². The number of halogens is 1. The van der Waals surface area contributed by atoms with Gasteiger partial charge in [-0.15, -0.1) is 0 Å². The Bertz CT molecular complexity index is 664. The Labute approximate surface area is 143 Å². The third-order valence-corrected chi connectivity index (χ3v) is 5.33. The van der Waals surface area contributed by atoms with Gasteiger partial charge < -0.3 is 4.90 Å². The maximum absolute atomic E-state index is 13.7. The van der Waals surface area contributed by atoms with Crippen molar-refractivity contribution in [2.24, 2.45) is 11.1 Å². The molecule has 1 heterocycles. The molecule has 1 aromatic carbocycles. The van der Waals surface area contributed by atoms with Gasteiger partial charge in [-0.1, -0.05) is 18.2 Å². The maximum Gasteiger partial charge on any atom is 0.222 e. The maximum atomic E-state index is 13.7. The van der Waals surface area contributed by atoms with Gasteiger partial charge in [-0.25, -0.2) is 17.9 Å². The van der Waals surface area contributed by atoms with E-state index < -0.39 is 10.0 Å². The number of hydrogen-bond acceptors (Lipinski definition) is 3. The van der Waals surface area contributed by atoms with E-state index in [1.54, 1.807) is 17.0 Å². The van der Waals surface area contributed by atoms with E-state index in [4.69, 9.17) is 5.14 Å². The van der Waals surface area contributed by atoms with Crippen molar-refractivity contribution in [1.29, 1.82) is 0 Å². The van der Waals surface area contributed by atoms with E-state index in [-0.39, 0.29) is 30.3 Å². The molecule has 0 aliphatic carbocycles. The predicted octanol–water partition coefficient (Wildman–Crippen LogP) is 2.07. The van der Waals surface area contributed by atoms with Gasteiger partial charge >= 0.3 is 0 Å². The molecule has 7 heteroatoms. The average Bonchev–Trinajstić information content (AvgIpc) is 2.53. The first-order valence-corrected chi connectivity index (χ1v) is 10.1. The van der Waals surface area contributed by atoms with E-state index in [1.165, 1.54) is 6.07 Å². The second-order valence-corrected chi connectivity index (χ2v) is 8.18. The number of benzene rings is 1. The summed E-state index contributed by atoms with van der Waals surface area (Å²) in [5.41, 5.74) is 0.717. The molecule has 0 aromatic heterocycles. The van der Waals surface area contributed by atoms with Gasteiger partial charge in [-0.2, -0.15) is 0 Å². The molecule has 1 saturated heterocycles. The van der Waals surface area contributed by atoms with Crippen LogP contribution in [0.2, 0.25) is 0 Å². The molecular formula is C17H25FN2O3S. The van der Waals surface area contributed by atoms with Crippen molar-refractivity contribution >= 4 is 15.9 Å². The summed E-state index contributed by atoms with van der Waals surface area (Å²) in [5, 5.41) is 4.95. The van der Waals surface area contributed by atoms with E-state index >= 15 is 0 Å². The van der Waals surface area contributed by atoms with Crippen LogP contribution >= 0.6 is 0 Å². The highest BCUT2D eigenvalue weighted by molar-refractivity contribution is 7.89.